The van der Waals surface area contributed by atoms with Gasteiger partial charge in [-0.05, 0) is 43.7 Å². The Hall–Kier alpha value is -3.02. The second-order valence-electron chi connectivity index (χ2n) is 6.66. The summed E-state index contributed by atoms with van der Waals surface area (Å²) in [5, 5.41) is 3.35. The molecule has 1 amide bonds. The second-order valence-corrected chi connectivity index (χ2v) is 6.66. The standard InChI is InChI=1S/C23H32N4O2/c1-5-27(6-2)22(28)20-14-12-19(13-15-20)18-25-23(24-3)26(4)16-17-29-21-10-8-7-9-11-21/h7-15H,5-6,16-18H2,1-4H3,(H,24,25). The molecule has 2 rings (SSSR count). The summed E-state index contributed by atoms with van der Waals surface area (Å²) in [7, 11) is 3.75. The average molecular weight is 397 g/mol. The fraction of sp³-hybridized carbons (Fsp3) is 0.391. The number of ether oxygens (including phenoxy) is 1. The number of nitrogens with zero attached hydrogens (tertiary/aromatic N) is 3. The van der Waals surface area contributed by atoms with E-state index in [2.05, 4.69) is 10.3 Å². The molecule has 0 atom stereocenters. The molecular formula is C23H32N4O2. The highest BCUT2D eigenvalue weighted by molar-refractivity contribution is 5.94. The topological polar surface area (TPSA) is 57.2 Å². The van der Waals surface area contributed by atoms with Crippen LogP contribution in [0, 0.1) is 0 Å². The predicted octanol–water partition coefficient (Wildman–Crippen LogP) is 3.25. The molecule has 0 spiro atoms. The lowest BCUT2D eigenvalue weighted by atomic mass is 10.1. The molecule has 0 fully saturated rings. The molecule has 6 nitrogen and oxygen atoms in total. The van der Waals surface area contributed by atoms with Crippen molar-refractivity contribution in [2.45, 2.75) is 20.4 Å². The van der Waals surface area contributed by atoms with E-state index in [9.17, 15) is 4.79 Å². The summed E-state index contributed by atoms with van der Waals surface area (Å²) in [4.78, 5) is 20.6. The minimum atomic E-state index is 0.0727. The maximum atomic E-state index is 12.4. The van der Waals surface area contributed by atoms with E-state index >= 15 is 0 Å². The van der Waals surface area contributed by atoms with Gasteiger partial charge in [0.15, 0.2) is 5.96 Å². The number of carbonyl (C=O) groups excluding carboxylic acids is 1. The van der Waals surface area contributed by atoms with Gasteiger partial charge in [0, 0.05) is 39.3 Å². The molecule has 0 saturated heterocycles. The maximum Gasteiger partial charge on any atom is 0.253 e. The Morgan fingerprint density at radius 1 is 1.03 bits per heavy atom. The molecule has 0 aliphatic heterocycles. The van der Waals surface area contributed by atoms with Crippen molar-refractivity contribution >= 4 is 11.9 Å². The lowest BCUT2D eigenvalue weighted by molar-refractivity contribution is 0.0773. The fourth-order valence-corrected chi connectivity index (χ4v) is 2.95. The van der Waals surface area contributed by atoms with Crippen molar-refractivity contribution in [1.82, 2.24) is 15.1 Å². The van der Waals surface area contributed by atoms with E-state index in [0.29, 0.717) is 19.7 Å². The Balaban J connectivity index is 1.82. The summed E-state index contributed by atoms with van der Waals surface area (Å²) in [6, 6.07) is 17.5. The maximum absolute atomic E-state index is 12.4. The molecule has 0 aliphatic rings. The van der Waals surface area contributed by atoms with Crippen molar-refractivity contribution in [1.29, 1.82) is 0 Å². The number of benzene rings is 2. The molecule has 0 saturated carbocycles. The van der Waals surface area contributed by atoms with E-state index in [1.165, 1.54) is 0 Å². The van der Waals surface area contributed by atoms with Crippen LogP contribution in [-0.2, 0) is 6.54 Å². The Morgan fingerprint density at radius 2 is 1.69 bits per heavy atom. The number of nitrogens with one attached hydrogen (secondary N) is 1. The van der Waals surface area contributed by atoms with Gasteiger partial charge in [-0.2, -0.15) is 0 Å². The third-order valence-electron chi connectivity index (χ3n) is 4.71. The van der Waals surface area contributed by atoms with Crippen LogP contribution in [0.15, 0.2) is 59.6 Å². The molecule has 156 valence electrons. The summed E-state index contributed by atoms with van der Waals surface area (Å²) < 4.78 is 5.75. The highest BCUT2D eigenvalue weighted by Crippen LogP contribution is 2.09. The lowest BCUT2D eigenvalue weighted by Gasteiger charge is -2.22. The third-order valence-corrected chi connectivity index (χ3v) is 4.71. The number of amides is 1. The SMILES string of the molecule is CCN(CC)C(=O)c1ccc(CNC(=NC)N(C)CCOc2ccccc2)cc1. The van der Waals surface area contributed by atoms with Crippen LogP contribution in [-0.4, -0.2) is 62.0 Å². The smallest absolute Gasteiger partial charge is 0.253 e. The molecule has 0 aliphatic carbocycles. The zero-order chi connectivity index (χ0) is 21.1. The Labute approximate surface area is 174 Å². The molecule has 2 aromatic rings. The zero-order valence-corrected chi connectivity index (χ0v) is 17.9. The van der Waals surface area contributed by atoms with Gasteiger partial charge in [0.2, 0.25) is 0 Å². The number of hydrogen-bond donors (Lipinski definition) is 1. The Bertz CT molecular complexity index is 771. The molecule has 0 bridgehead atoms. The van der Waals surface area contributed by atoms with Crippen molar-refractivity contribution in [3.05, 3.63) is 65.7 Å². The highest BCUT2D eigenvalue weighted by Gasteiger charge is 2.12. The summed E-state index contributed by atoms with van der Waals surface area (Å²) in [6.45, 7) is 7.34. The lowest BCUT2D eigenvalue weighted by Crippen LogP contribution is -2.40. The van der Waals surface area contributed by atoms with Gasteiger partial charge in [0.1, 0.15) is 12.4 Å². The molecule has 2 aromatic carbocycles. The van der Waals surface area contributed by atoms with E-state index in [4.69, 9.17) is 4.74 Å². The summed E-state index contributed by atoms with van der Waals surface area (Å²) in [5.74, 6) is 1.73. The number of carbonyl (C=O) groups is 1. The van der Waals surface area contributed by atoms with Crippen molar-refractivity contribution in [2.24, 2.45) is 4.99 Å². The van der Waals surface area contributed by atoms with Gasteiger partial charge < -0.3 is 19.9 Å². The van der Waals surface area contributed by atoms with E-state index in [1.807, 2.05) is 85.3 Å². The second kappa shape index (κ2) is 11.7. The van der Waals surface area contributed by atoms with Crippen LogP contribution in [0.2, 0.25) is 0 Å². The first-order valence-electron chi connectivity index (χ1n) is 10.1. The van der Waals surface area contributed by atoms with Gasteiger partial charge in [-0.3, -0.25) is 9.79 Å². The van der Waals surface area contributed by atoms with Crippen LogP contribution in [0.1, 0.15) is 29.8 Å². The van der Waals surface area contributed by atoms with Crippen LogP contribution in [0.4, 0.5) is 0 Å². The van der Waals surface area contributed by atoms with Crippen LogP contribution >= 0.6 is 0 Å². The first-order chi connectivity index (χ1) is 14.1. The third kappa shape index (κ3) is 6.82. The van der Waals surface area contributed by atoms with E-state index in [0.717, 1.165) is 35.9 Å². The van der Waals surface area contributed by atoms with Gasteiger partial charge in [-0.25, -0.2) is 0 Å². The van der Waals surface area contributed by atoms with E-state index in [1.54, 1.807) is 7.05 Å². The summed E-state index contributed by atoms with van der Waals surface area (Å²) in [5.41, 5.74) is 1.81. The molecule has 0 radical (unpaired) electrons. The Morgan fingerprint density at radius 3 is 2.28 bits per heavy atom. The zero-order valence-electron chi connectivity index (χ0n) is 17.9. The largest absolute Gasteiger partial charge is 0.492 e. The van der Waals surface area contributed by atoms with Crippen LogP contribution in [0.25, 0.3) is 0 Å². The van der Waals surface area contributed by atoms with Gasteiger partial charge in [0.25, 0.3) is 5.91 Å². The molecule has 6 heteroatoms. The Kier molecular flexibility index (Phi) is 9.02. The number of hydrogen-bond acceptors (Lipinski definition) is 3. The van der Waals surface area contributed by atoms with Crippen molar-refractivity contribution < 1.29 is 9.53 Å². The van der Waals surface area contributed by atoms with Crippen molar-refractivity contribution in [3.63, 3.8) is 0 Å². The normalized spacial score (nSPS) is 11.1. The molecule has 1 N–H and O–H groups in total. The number of aliphatic imine (C=N–C) groups is 1. The van der Waals surface area contributed by atoms with Gasteiger partial charge in [-0.15, -0.1) is 0 Å². The van der Waals surface area contributed by atoms with E-state index < -0.39 is 0 Å². The molecular weight excluding hydrogens is 364 g/mol. The average Bonchev–Trinajstić information content (AvgIpc) is 2.76. The number of guanidine groups is 1. The van der Waals surface area contributed by atoms with Gasteiger partial charge in [0.05, 0.1) is 6.54 Å². The summed E-state index contributed by atoms with van der Waals surface area (Å²) >= 11 is 0. The van der Waals surface area contributed by atoms with Crippen LogP contribution in [0.3, 0.4) is 0 Å². The van der Waals surface area contributed by atoms with E-state index in [-0.39, 0.29) is 5.91 Å². The minimum Gasteiger partial charge on any atom is -0.492 e. The first kappa shape index (κ1) is 22.3. The number of likely N-dealkylation sites (N-methyl/N-ethyl adjacent to an activating group) is 1. The molecule has 29 heavy (non-hydrogen) atoms. The van der Waals surface area contributed by atoms with Gasteiger partial charge in [-0.1, -0.05) is 30.3 Å². The van der Waals surface area contributed by atoms with Crippen molar-refractivity contribution in [3.8, 4) is 5.75 Å². The van der Waals surface area contributed by atoms with Crippen LogP contribution in [0.5, 0.6) is 5.75 Å². The number of rotatable bonds is 9. The minimum absolute atomic E-state index is 0.0727. The van der Waals surface area contributed by atoms with Crippen molar-refractivity contribution in [2.75, 3.05) is 40.3 Å². The number of para-hydroxylation sites is 1. The fourth-order valence-electron chi connectivity index (χ4n) is 2.95. The van der Waals surface area contributed by atoms with Crippen LogP contribution < -0.4 is 10.1 Å². The molecule has 0 aromatic heterocycles. The highest BCUT2D eigenvalue weighted by atomic mass is 16.5. The quantitative estimate of drug-likeness (QED) is 0.522. The van der Waals surface area contributed by atoms with Gasteiger partial charge >= 0.3 is 0 Å². The molecule has 0 heterocycles. The monoisotopic (exact) mass is 396 g/mol. The molecule has 0 unspecified atom stereocenters. The predicted molar refractivity (Wildman–Crippen MR) is 118 cm³/mol. The summed E-state index contributed by atoms with van der Waals surface area (Å²) in [6.07, 6.45) is 0. The first-order valence-corrected chi connectivity index (χ1v) is 10.1.